The molecule has 3 aliphatic rings. The van der Waals surface area contributed by atoms with E-state index in [4.69, 9.17) is 0 Å². The Hall–Kier alpha value is -2.25. The van der Waals surface area contributed by atoms with Gasteiger partial charge in [-0.3, -0.25) is 24.6 Å². The van der Waals surface area contributed by atoms with Crippen molar-refractivity contribution in [2.45, 2.75) is 38.4 Å². The van der Waals surface area contributed by atoms with Crippen LogP contribution in [0.4, 0.5) is 0 Å². The summed E-state index contributed by atoms with van der Waals surface area (Å²) in [6, 6.07) is 5.46. The van der Waals surface area contributed by atoms with Crippen LogP contribution in [0.5, 0.6) is 0 Å². The van der Waals surface area contributed by atoms with Gasteiger partial charge in [0, 0.05) is 38.3 Å². The standard InChI is InChI=1S/C18H22N4O3/c23-16-5-4-15(17(24)20-16)22-10-13-3-2-12(8-14(13)18(22)25)9-21-7-1-6-19-11-21/h2-3,8,15,19H,1,4-7,9-11H2,(H,20,23,24). The van der Waals surface area contributed by atoms with Crippen LogP contribution >= 0.6 is 0 Å². The predicted octanol–water partition coefficient (Wildman–Crippen LogP) is 0.200. The van der Waals surface area contributed by atoms with Crippen molar-refractivity contribution in [2.24, 2.45) is 0 Å². The SMILES string of the molecule is O=C1CCC(N2Cc3ccc(CN4CCCNC4)cc3C2=O)C(=O)N1. The number of nitrogens with one attached hydrogen (secondary N) is 2. The lowest BCUT2D eigenvalue weighted by Gasteiger charge is -2.29. The molecule has 2 fully saturated rings. The molecule has 7 heteroatoms. The van der Waals surface area contributed by atoms with E-state index < -0.39 is 6.04 Å². The quantitative estimate of drug-likeness (QED) is 0.767. The normalized spacial score (nSPS) is 24.4. The van der Waals surface area contributed by atoms with Crippen LogP contribution in [-0.2, 0) is 22.7 Å². The van der Waals surface area contributed by atoms with E-state index in [2.05, 4.69) is 21.6 Å². The lowest BCUT2D eigenvalue weighted by molar-refractivity contribution is -0.136. The predicted molar refractivity (Wildman–Crippen MR) is 90.4 cm³/mol. The molecule has 7 nitrogen and oxygen atoms in total. The summed E-state index contributed by atoms with van der Waals surface area (Å²) in [4.78, 5) is 40.1. The molecule has 132 valence electrons. The number of piperidine rings is 1. The highest BCUT2D eigenvalue weighted by atomic mass is 16.2. The molecule has 3 heterocycles. The zero-order chi connectivity index (χ0) is 17.4. The Morgan fingerprint density at radius 2 is 2.08 bits per heavy atom. The van der Waals surface area contributed by atoms with Gasteiger partial charge in [0.15, 0.2) is 0 Å². The number of imide groups is 1. The van der Waals surface area contributed by atoms with Crippen LogP contribution in [0.15, 0.2) is 18.2 Å². The molecule has 0 aromatic heterocycles. The van der Waals surface area contributed by atoms with Gasteiger partial charge in [-0.2, -0.15) is 0 Å². The third-order valence-electron chi connectivity index (χ3n) is 5.16. The van der Waals surface area contributed by atoms with Crippen molar-refractivity contribution in [1.82, 2.24) is 20.4 Å². The fraction of sp³-hybridized carbons (Fsp3) is 0.500. The van der Waals surface area contributed by atoms with Crippen LogP contribution in [0.2, 0.25) is 0 Å². The van der Waals surface area contributed by atoms with E-state index in [9.17, 15) is 14.4 Å². The first-order valence-corrected chi connectivity index (χ1v) is 8.81. The summed E-state index contributed by atoms with van der Waals surface area (Å²) in [5.74, 6) is -0.733. The molecular formula is C18H22N4O3. The molecule has 2 saturated heterocycles. The molecule has 3 amide bonds. The fourth-order valence-corrected chi connectivity index (χ4v) is 3.84. The summed E-state index contributed by atoms with van der Waals surface area (Å²) in [6.07, 6.45) is 1.81. The Balaban J connectivity index is 1.49. The summed E-state index contributed by atoms with van der Waals surface area (Å²) in [5, 5.41) is 5.69. The molecule has 0 radical (unpaired) electrons. The van der Waals surface area contributed by atoms with Gasteiger partial charge in [0.05, 0.1) is 0 Å². The van der Waals surface area contributed by atoms with Crippen molar-refractivity contribution >= 4 is 17.7 Å². The second kappa shape index (κ2) is 6.57. The van der Waals surface area contributed by atoms with E-state index >= 15 is 0 Å². The highest BCUT2D eigenvalue weighted by Gasteiger charge is 2.39. The molecule has 0 saturated carbocycles. The Morgan fingerprint density at radius 1 is 1.20 bits per heavy atom. The molecule has 2 N–H and O–H groups in total. The third-order valence-corrected chi connectivity index (χ3v) is 5.16. The Labute approximate surface area is 146 Å². The van der Waals surface area contributed by atoms with Crippen molar-refractivity contribution in [2.75, 3.05) is 19.8 Å². The molecule has 25 heavy (non-hydrogen) atoms. The smallest absolute Gasteiger partial charge is 0.255 e. The zero-order valence-corrected chi connectivity index (χ0v) is 14.1. The molecule has 1 unspecified atom stereocenters. The summed E-state index contributed by atoms with van der Waals surface area (Å²) in [7, 11) is 0. The minimum Gasteiger partial charge on any atom is -0.322 e. The largest absolute Gasteiger partial charge is 0.322 e. The van der Waals surface area contributed by atoms with E-state index in [1.165, 1.54) is 0 Å². The van der Waals surface area contributed by atoms with E-state index in [0.717, 1.165) is 43.9 Å². The van der Waals surface area contributed by atoms with Crippen molar-refractivity contribution < 1.29 is 14.4 Å². The number of fused-ring (bicyclic) bond motifs is 1. The van der Waals surface area contributed by atoms with Crippen LogP contribution in [0, 0.1) is 0 Å². The van der Waals surface area contributed by atoms with Crippen LogP contribution in [0.25, 0.3) is 0 Å². The van der Waals surface area contributed by atoms with Gasteiger partial charge in [0.25, 0.3) is 5.91 Å². The number of carbonyl (C=O) groups excluding carboxylic acids is 3. The van der Waals surface area contributed by atoms with Crippen LogP contribution < -0.4 is 10.6 Å². The number of rotatable bonds is 3. The van der Waals surface area contributed by atoms with Gasteiger partial charge < -0.3 is 10.2 Å². The van der Waals surface area contributed by atoms with Crippen molar-refractivity contribution in [1.29, 1.82) is 0 Å². The maximum atomic E-state index is 12.8. The minimum atomic E-state index is -0.549. The van der Waals surface area contributed by atoms with Crippen molar-refractivity contribution in [3.8, 4) is 0 Å². The highest BCUT2D eigenvalue weighted by Crippen LogP contribution is 2.28. The van der Waals surface area contributed by atoms with Crippen molar-refractivity contribution in [3.05, 3.63) is 34.9 Å². The maximum Gasteiger partial charge on any atom is 0.255 e. The monoisotopic (exact) mass is 342 g/mol. The second-order valence-electron chi connectivity index (χ2n) is 6.96. The van der Waals surface area contributed by atoms with E-state index in [1.54, 1.807) is 4.90 Å². The molecule has 0 bridgehead atoms. The van der Waals surface area contributed by atoms with Gasteiger partial charge in [0.2, 0.25) is 11.8 Å². The second-order valence-corrected chi connectivity index (χ2v) is 6.96. The van der Waals surface area contributed by atoms with Gasteiger partial charge in [-0.15, -0.1) is 0 Å². The zero-order valence-electron chi connectivity index (χ0n) is 14.1. The molecule has 3 aliphatic heterocycles. The average molecular weight is 342 g/mol. The van der Waals surface area contributed by atoms with Gasteiger partial charge >= 0.3 is 0 Å². The van der Waals surface area contributed by atoms with Gasteiger partial charge in [0.1, 0.15) is 6.04 Å². The van der Waals surface area contributed by atoms with Crippen LogP contribution in [0.3, 0.4) is 0 Å². The summed E-state index contributed by atoms with van der Waals surface area (Å²) < 4.78 is 0. The van der Waals surface area contributed by atoms with Gasteiger partial charge in [-0.1, -0.05) is 12.1 Å². The van der Waals surface area contributed by atoms with Gasteiger partial charge in [-0.25, -0.2) is 0 Å². The summed E-state index contributed by atoms with van der Waals surface area (Å²) >= 11 is 0. The first kappa shape index (κ1) is 16.2. The fourth-order valence-electron chi connectivity index (χ4n) is 3.84. The first-order chi connectivity index (χ1) is 12.1. The maximum absolute atomic E-state index is 12.8. The molecular weight excluding hydrogens is 320 g/mol. The number of hydrogen-bond acceptors (Lipinski definition) is 5. The Morgan fingerprint density at radius 3 is 2.84 bits per heavy atom. The Kier molecular flexibility index (Phi) is 4.27. The molecule has 1 aromatic carbocycles. The topological polar surface area (TPSA) is 81.8 Å². The van der Waals surface area contributed by atoms with Crippen LogP contribution in [-0.4, -0.2) is 53.3 Å². The summed E-state index contributed by atoms with van der Waals surface area (Å²) in [5.41, 5.74) is 2.75. The molecule has 4 rings (SSSR count). The number of benzene rings is 1. The number of amides is 3. The summed E-state index contributed by atoms with van der Waals surface area (Å²) in [6.45, 7) is 4.23. The molecule has 1 atom stereocenters. The number of carbonyl (C=O) groups is 3. The van der Waals surface area contributed by atoms with Crippen molar-refractivity contribution in [3.63, 3.8) is 0 Å². The van der Waals surface area contributed by atoms with Gasteiger partial charge in [-0.05, 0) is 36.6 Å². The number of hydrogen-bond donors (Lipinski definition) is 2. The third kappa shape index (κ3) is 3.17. The average Bonchev–Trinajstić information content (AvgIpc) is 2.92. The Bertz CT molecular complexity index is 727. The first-order valence-electron chi connectivity index (χ1n) is 8.81. The van der Waals surface area contributed by atoms with E-state index in [1.807, 2.05) is 12.1 Å². The lowest BCUT2D eigenvalue weighted by atomic mass is 10.0. The minimum absolute atomic E-state index is 0.108. The van der Waals surface area contributed by atoms with E-state index in [-0.39, 0.29) is 24.1 Å². The molecule has 0 spiro atoms. The number of nitrogens with zero attached hydrogens (tertiary/aromatic N) is 2. The molecule has 0 aliphatic carbocycles. The highest BCUT2D eigenvalue weighted by molar-refractivity contribution is 6.05. The lowest BCUT2D eigenvalue weighted by Crippen LogP contribution is -2.52. The van der Waals surface area contributed by atoms with Crippen LogP contribution in [0.1, 0.15) is 40.7 Å². The molecule has 1 aromatic rings. The van der Waals surface area contributed by atoms with E-state index in [0.29, 0.717) is 18.5 Å².